The number of aromatic nitrogens is 2. The number of thioether (sulfide) groups is 1. The molecule has 3 rings (SSSR count). The van der Waals surface area contributed by atoms with Crippen molar-refractivity contribution in [2.24, 2.45) is 0 Å². The summed E-state index contributed by atoms with van der Waals surface area (Å²) in [5.41, 5.74) is 0.667. The van der Waals surface area contributed by atoms with E-state index in [-0.39, 0.29) is 11.5 Å². The highest BCUT2D eigenvalue weighted by molar-refractivity contribution is 7.99. The normalized spacial score (nSPS) is 17.1. The number of amides is 1. The van der Waals surface area contributed by atoms with Gasteiger partial charge in [0.25, 0.3) is 5.56 Å². The lowest BCUT2D eigenvalue weighted by Crippen LogP contribution is -2.44. The number of fused-ring (bicyclic) bond motifs is 1. The Kier molecular flexibility index (Phi) is 8.77. The SMILES string of the molecule is CCC1CCCCN1C(=O)CSc1nc2ccccc2c(=O)n1CCN(C(C)C)C(C)C. The molecule has 176 valence electrons. The van der Waals surface area contributed by atoms with E-state index in [1.54, 1.807) is 4.57 Å². The van der Waals surface area contributed by atoms with Crippen LogP contribution >= 0.6 is 11.8 Å². The first-order chi connectivity index (χ1) is 15.3. The number of hydrogen-bond acceptors (Lipinski definition) is 5. The molecule has 0 spiro atoms. The standard InChI is InChI=1S/C25H38N4O2S/c1-6-20-11-9-10-14-28(20)23(30)17-32-25-26-22-13-8-7-12-21(22)24(31)29(25)16-15-27(18(2)3)19(4)5/h7-8,12-13,18-20H,6,9-11,14-17H2,1-5H3. The lowest BCUT2D eigenvalue weighted by atomic mass is 10.0. The van der Waals surface area contributed by atoms with E-state index in [2.05, 4.69) is 39.5 Å². The van der Waals surface area contributed by atoms with Crippen LogP contribution in [0.4, 0.5) is 0 Å². The van der Waals surface area contributed by atoms with Gasteiger partial charge in [-0.3, -0.25) is 19.1 Å². The van der Waals surface area contributed by atoms with Gasteiger partial charge in [0.1, 0.15) is 0 Å². The molecule has 0 aliphatic carbocycles. The first-order valence-corrected chi connectivity index (χ1v) is 13.0. The maximum absolute atomic E-state index is 13.3. The molecule has 1 atom stereocenters. The molecule has 0 bridgehead atoms. The van der Waals surface area contributed by atoms with E-state index in [1.807, 2.05) is 29.2 Å². The van der Waals surface area contributed by atoms with Crippen molar-refractivity contribution in [3.8, 4) is 0 Å². The van der Waals surface area contributed by atoms with Crippen LogP contribution < -0.4 is 5.56 Å². The summed E-state index contributed by atoms with van der Waals surface area (Å²) in [6, 6.07) is 8.61. The zero-order valence-corrected chi connectivity index (χ0v) is 21.0. The Morgan fingerprint density at radius 3 is 2.59 bits per heavy atom. The van der Waals surface area contributed by atoms with Gasteiger partial charge < -0.3 is 4.90 Å². The highest BCUT2D eigenvalue weighted by Crippen LogP contribution is 2.23. The second kappa shape index (κ2) is 11.3. The molecule has 1 saturated heterocycles. The predicted molar refractivity (Wildman–Crippen MR) is 133 cm³/mol. The summed E-state index contributed by atoms with van der Waals surface area (Å²) in [6.45, 7) is 13.0. The first kappa shape index (κ1) is 24.8. The van der Waals surface area contributed by atoms with Crippen molar-refractivity contribution in [2.45, 2.75) is 90.1 Å². The van der Waals surface area contributed by atoms with E-state index >= 15 is 0 Å². The van der Waals surface area contributed by atoms with Gasteiger partial charge in [0.2, 0.25) is 5.91 Å². The van der Waals surface area contributed by atoms with Crippen molar-refractivity contribution in [1.82, 2.24) is 19.4 Å². The Bertz CT molecular complexity index is 964. The molecule has 1 aliphatic rings. The fourth-order valence-electron chi connectivity index (χ4n) is 4.75. The third-order valence-corrected chi connectivity index (χ3v) is 7.44. The molecule has 1 aromatic carbocycles. The number of nitrogens with zero attached hydrogens (tertiary/aromatic N) is 4. The van der Waals surface area contributed by atoms with Gasteiger partial charge in [-0.05, 0) is 65.5 Å². The van der Waals surface area contributed by atoms with Crippen LogP contribution in [0.2, 0.25) is 0 Å². The molecule has 1 fully saturated rings. The molecular formula is C25H38N4O2S. The van der Waals surface area contributed by atoms with Crippen LogP contribution in [-0.2, 0) is 11.3 Å². The lowest BCUT2D eigenvalue weighted by Gasteiger charge is -2.35. The van der Waals surface area contributed by atoms with Crippen LogP contribution in [0.1, 0.15) is 60.3 Å². The van der Waals surface area contributed by atoms with Gasteiger partial charge in [-0.2, -0.15) is 0 Å². The van der Waals surface area contributed by atoms with Crippen molar-refractivity contribution in [2.75, 3.05) is 18.8 Å². The predicted octanol–water partition coefficient (Wildman–Crippen LogP) is 4.40. The Balaban J connectivity index is 1.85. The van der Waals surface area contributed by atoms with E-state index in [1.165, 1.54) is 18.2 Å². The smallest absolute Gasteiger partial charge is 0.262 e. The fraction of sp³-hybridized carbons (Fsp3) is 0.640. The first-order valence-electron chi connectivity index (χ1n) is 12.0. The minimum absolute atomic E-state index is 0.0255. The van der Waals surface area contributed by atoms with Crippen molar-refractivity contribution < 1.29 is 4.79 Å². The summed E-state index contributed by atoms with van der Waals surface area (Å²) in [4.78, 5) is 35.6. The van der Waals surface area contributed by atoms with Crippen LogP contribution in [0, 0.1) is 0 Å². The van der Waals surface area contributed by atoms with Gasteiger partial charge in [0.15, 0.2) is 5.16 Å². The molecule has 1 aromatic heterocycles. The second-order valence-electron chi connectivity index (χ2n) is 9.23. The maximum atomic E-state index is 13.3. The summed E-state index contributed by atoms with van der Waals surface area (Å²) in [5.74, 6) is 0.473. The molecule has 7 heteroatoms. The van der Waals surface area contributed by atoms with Gasteiger partial charge in [0, 0.05) is 37.8 Å². The van der Waals surface area contributed by atoms with E-state index in [4.69, 9.17) is 4.98 Å². The zero-order chi connectivity index (χ0) is 23.3. The number of carbonyl (C=O) groups is 1. The number of rotatable bonds is 9. The number of piperidine rings is 1. The van der Waals surface area contributed by atoms with Crippen LogP contribution in [0.25, 0.3) is 10.9 Å². The van der Waals surface area contributed by atoms with E-state index in [0.717, 1.165) is 32.4 Å². The highest BCUT2D eigenvalue weighted by atomic mass is 32.2. The zero-order valence-electron chi connectivity index (χ0n) is 20.2. The molecule has 0 N–H and O–H groups in total. The maximum Gasteiger partial charge on any atom is 0.262 e. The summed E-state index contributed by atoms with van der Waals surface area (Å²) in [5, 5.41) is 1.27. The van der Waals surface area contributed by atoms with E-state index in [9.17, 15) is 9.59 Å². The van der Waals surface area contributed by atoms with Gasteiger partial charge in [-0.25, -0.2) is 4.98 Å². The Hall–Kier alpha value is -1.86. The highest BCUT2D eigenvalue weighted by Gasteiger charge is 2.26. The molecule has 2 heterocycles. The topological polar surface area (TPSA) is 58.4 Å². The number of carbonyl (C=O) groups excluding carboxylic acids is 1. The average molecular weight is 459 g/mol. The fourth-order valence-corrected chi connectivity index (χ4v) is 5.66. The third-order valence-electron chi connectivity index (χ3n) is 6.48. The van der Waals surface area contributed by atoms with Crippen molar-refractivity contribution in [3.05, 3.63) is 34.6 Å². The molecule has 2 aromatic rings. The minimum Gasteiger partial charge on any atom is -0.339 e. The lowest BCUT2D eigenvalue weighted by molar-refractivity contribution is -0.132. The second-order valence-corrected chi connectivity index (χ2v) is 10.2. The van der Waals surface area contributed by atoms with Crippen LogP contribution in [0.15, 0.2) is 34.2 Å². The quantitative estimate of drug-likeness (QED) is 0.412. The summed E-state index contributed by atoms with van der Waals surface area (Å²) in [7, 11) is 0. The number of hydrogen-bond donors (Lipinski definition) is 0. The van der Waals surface area contributed by atoms with Crippen LogP contribution in [0.5, 0.6) is 0 Å². The van der Waals surface area contributed by atoms with E-state index < -0.39 is 0 Å². The van der Waals surface area contributed by atoms with Crippen molar-refractivity contribution in [1.29, 1.82) is 0 Å². The van der Waals surface area contributed by atoms with Gasteiger partial charge in [-0.1, -0.05) is 30.8 Å². The molecule has 0 saturated carbocycles. The molecule has 1 unspecified atom stereocenters. The monoisotopic (exact) mass is 458 g/mol. The molecular weight excluding hydrogens is 420 g/mol. The van der Waals surface area contributed by atoms with Gasteiger partial charge in [0.05, 0.1) is 16.7 Å². The van der Waals surface area contributed by atoms with E-state index in [0.29, 0.717) is 46.5 Å². The van der Waals surface area contributed by atoms with Crippen LogP contribution in [-0.4, -0.2) is 62.2 Å². The number of likely N-dealkylation sites (tertiary alicyclic amines) is 1. The molecule has 1 aliphatic heterocycles. The summed E-state index contributed by atoms with van der Waals surface area (Å²) < 4.78 is 1.77. The van der Waals surface area contributed by atoms with Crippen molar-refractivity contribution in [3.63, 3.8) is 0 Å². The third kappa shape index (κ3) is 5.73. The molecule has 0 radical (unpaired) electrons. The van der Waals surface area contributed by atoms with Gasteiger partial charge in [-0.15, -0.1) is 0 Å². The Morgan fingerprint density at radius 1 is 1.19 bits per heavy atom. The number of para-hydroxylation sites is 1. The van der Waals surface area contributed by atoms with Crippen molar-refractivity contribution >= 4 is 28.6 Å². The minimum atomic E-state index is -0.0255. The average Bonchev–Trinajstić information content (AvgIpc) is 2.78. The Morgan fingerprint density at radius 2 is 1.91 bits per heavy atom. The summed E-state index contributed by atoms with van der Waals surface area (Å²) in [6.07, 6.45) is 4.36. The molecule has 32 heavy (non-hydrogen) atoms. The molecule has 6 nitrogen and oxygen atoms in total. The van der Waals surface area contributed by atoms with Crippen LogP contribution in [0.3, 0.4) is 0 Å². The Labute approximate surface area is 196 Å². The number of benzene rings is 1. The summed E-state index contributed by atoms with van der Waals surface area (Å²) >= 11 is 1.40. The van der Waals surface area contributed by atoms with Gasteiger partial charge >= 0.3 is 0 Å². The molecule has 1 amide bonds. The largest absolute Gasteiger partial charge is 0.339 e.